The molecule has 2 aromatic carbocycles. The van der Waals surface area contributed by atoms with Gasteiger partial charge in [-0.25, -0.2) is 17.9 Å². The summed E-state index contributed by atoms with van der Waals surface area (Å²) in [7, 11) is 1.61. The third kappa shape index (κ3) is 4.07. The average Bonchev–Trinajstić information content (AvgIpc) is 3.51. The second-order valence-corrected chi connectivity index (χ2v) is 9.67. The van der Waals surface area contributed by atoms with Crippen LogP contribution in [0.1, 0.15) is 52.6 Å². The van der Waals surface area contributed by atoms with Gasteiger partial charge in [0.15, 0.2) is 23.1 Å². The Balaban J connectivity index is 1.40. The number of piperidine rings is 1. The summed E-state index contributed by atoms with van der Waals surface area (Å²) < 4.78 is 83.5. The first-order chi connectivity index (χ1) is 18.5. The van der Waals surface area contributed by atoms with Crippen molar-refractivity contribution in [2.24, 2.45) is 7.05 Å². The summed E-state index contributed by atoms with van der Waals surface area (Å²) in [5, 5.41) is 11.4. The van der Waals surface area contributed by atoms with Crippen molar-refractivity contribution in [2.75, 3.05) is 0 Å². The molecule has 7 nitrogen and oxygen atoms in total. The minimum absolute atomic E-state index is 0.137. The van der Waals surface area contributed by atoms with E-state index in [9.17, 15) is 31.1 Å². The summed E-state index contributed by atoms with van der Waals surface area (Å²) in [6.45, 7) is 0. The minimum Gasteiger partial charge on any atom is -0.327 e. The molecular formula is C26H20F6N6O. The molecule has 1 amide bonds. The third-order valence-corrected chi connectivity index (χ3v) is 7.33. The van der Waals surface area contributed by atoms with Crippen molar-refractivity contribution in [1.29, 1.82) is 0 Å². The summed E-state index contributed by atoms with van der Waals surface area (Å²) in [5.74, 6) is -4.59. The Morgan fingerprint density at radius 1 is 1.05 bits per heavy atom. The number of benzene rings is 2. The normalized spacial score (nSPS) is 18.8. The summed E-state index contributed by atoms with van der Waals surface area (Å²) in [5.41, 5.74) is 0.982. The number of aryl methyl sites for hydroxylation is 1. The van der Waals surface area contributed by atoms with Crippen LogP contribution in [0.25, 0.3) is 16.9 Å². The minimum atomic E-state index is -4.69. The van der Waals surface area contributed by atoms with E-state index in [1.54, 1.807) is 24.1 Å². The van der Waals surface area contributed by atoms with Gasteiger partial charge in [0, 0.05) is 24.2 Å². The molecule has 2 unspecified atom stereocenters. The first-order valence-electron chi connectivity index (χ1n) is 12.2. The second-order valence-electron chi connectivity index (χ2n) is 9.67. The van der Waals surface area contributed by atoms with Crippen LogP contribution in [-0.2, 0) is 19.6 Å². The van der Waals surface area contributed by atoms with E-state index in [1.807, 2.05) is 0 Å². The standard InChI is InChI=1S/C26H20F6N6O/c1-36-24(13-9-17(27)22(29)18(28)10-13)16-11-14-5-4-8-20(23(16)34-36)38(14)25(39)15-6-2-3-7-19(15)37-12-21(33-35-37)26(30,31)32/h2-3,6-7,9-10,12,14,20H,4-5,8,11H2,1H3. The highest BCUT2D eigenvalue weighted by molar-refractivity contribution is 5.98. The van der Waals surface area contributed by atoms with Crippen LogP contribution < -0.4 is 0 Å². The molecule has 2 bridgehead atoms. The van der Waals surface area contributed by atoms with Crippen molar-refractivity contribution in [2.45, 2.75) is 43.9 Å². The van der Waals surface area contributed by atoms with E-state index in [1.165, 1.54) is 16.8 Å². The lowest BCUT2D eigenvalue weighted by molar-refractivity contribution is -0.141. The quantitative estimate of drug-likeness (QED) is 0.255. The van der Waals surface area contributed by atoms with Crippen molar-refractivity contribution in [3.8, 4) is 16.9 Å². The van der Waals surface area contributed by atoms with Gasteiger partial charge in [-0.2, -0.15) is 18.3 Å². The van der Waals surface area contributed by atoms with Gasteiger partial charge < -0.3 is 4.90 Å². The van der Waals surface area contributed by atoms with E-state index in [0.29, 0.717) is 30.7 Å². The topological polar surface area (TPSA) is 68.8 Å². The molecule has 6 rings (SSSR count). The molecule has 39 heavy (non-hydrogen) atoms. The molecule has 0 saturated carbocycles. The molecule has 0 spiro atoms. The number of halogens is 6. The maximum atomic E-state index is 14.1. The molecule has 4 aromatic rings. The SMILES string of the molecule is Cn1nc2c(c1-c1cc(F)c(F)c(F)c1)CC1CCCC2N1C(=O)c1ccccc1-n1cc(C(F)(F)F)nn1. The molecule has 4 heterocycles. The number of amides is 1. The number of carbonyl (C=O) groups excluding carboxylic acids is 1. The van der Waals surface area contributed by atoms with Gasteiger partial charge in [0.1, 0.15) is 0 Å². The van der Waals surface area contributed by atoms with Gasteiger partial charge in [0.05, 0.1) is 34.9 Å². The Kier molecular flexibility index (Phi) is 5.77. The number of para-hydroxylation sites is 1. The fourth-order valence-electron chi connectivity index (χ4n) is 5.71. The molecule has 2 aliphatic heterocycles. The fraction of sp³-hybridized carbons (Fsp3) is 0.308. The van der Waals surface area contributed by atoms with Crippen molar-refractivity contribution in [1.82, 2.24) is 29.7 Å². The second kappa shape index (κ2) is 8.95. The highest BCUT2D eigenvalue weighted by atomic mass is 19.4. The van der Waals surface area contributed by atoms with Crippen LogP contribution in [0.5, 0.6) is 0 Å². The molecule has 0 aliphatic carbocycles. The number of rotatable bonds is 3. The predicted molar refractivity (Wildman–Crippen MR) is 125 cm³/mol. The lowest BCUT2D eigenvalue weighted by atomic mass is 9.81. The molecule has 0 radical (unpaired) electrons. The Morgan fingerprint density at radius 3 is 2.46 bits per heavy atom. The zero-order valence-electron chi connectivity index (χ0n) is 20.4. The summed E-state index contributed by atoms with van der Waals surface area (Å²) in [6, 6.07) is 7.29. The lowest BCUT2D eigenvalue weighted by Crippen LogP contribution is -2.50. The van der Waals surface area contributed by atoms with Crippen molar-refractivity contribution < 1.29 is 31.1 Å². The number of fused-ring (bicyclic) bond motifs is 4. The largest absolute Gasteiger partial charge is 0.436 e. The molecule has 2 atom stereocenters. The van der Waals surface area contributed by atoms with E-state index >= 15 is 0 Å². The van der Waals surface area contributed by atoms with Gasteiger partial charge in [-0.1, -0.05) is 17.3 Å². The van der Waals surface area contributed by atoms with Crippen LogP contribution in [0.15, 0.2) is 42.6 Å². The lowest BCUT2D eigenvalue weighted by Gasteiger charge is -2.45. The molecular weight excluding hydrogens is 526 g/mol. The number of nitrogens with zero attached hydrogens (tertiary/aromatic N) is 6. The monoisotopic (exact) mass is 546 g/mol. The van der Waals surface area contributed by atoms with Crippen LogP contribution in [0.3, 0.4) is 0 Å². The first kappa shape index (κ1) is 25.1. The van der Waals surface area contributed by atoms with Gasteiger partial charge in [0.2, 0.25) is 0 Å². The predicted octanol–water partition coefficient (Wildman–Crippen LogP) is 5.40. The number of aromatic nitrogens is 5. The van der Waals surface area contributed by atoms with Crippen LogP contribution in [0, 0.1) is 17.5 Å². The van der Waals surface area contributed by atoms with Gasteiger partial charge in [-0.05, 0) is 49.9 Å². The van der Waals surface area contributed by atoms with Crippen LogP contribution in [0.4, 0.5) is 26.3 Å². The van der Waals surface area contributed by atoms with E-state index in [0.717, 1.165) is 35.0 Å². The molecule has 202 valence electrons. The van der Waals surface area contributed by atoms with Gasteiger partial charge in [-0.15, -0.1) is 5.10 Å². The maximum Gasteiger partial charge on any atom is 0.436 e. The van der Waals surface area contributed by atoms with E-state index in [4.69, 9.17) is 0 Å². The highest BCUT2D eigenvalue weighted by Crippen LogP contribution is 2.45. The third-order valence-electron chi connectivity index (χ3n) is 7.33. The van der Waals surface area contributed by atoms with Crippen LogP contribution >= 0.6 is 0 Å². The number of hydrogen-bond acceptors (Lipinski definition) is 4. The van der Waals surface area contributed by atoms with E-state index in [-0.39, 0.29) is 22.9 Å². The summed E-state index contributed by atoms with van der Waals surface area (Å²) in [4.78, 5) is 15.7. The molecule has 0 N–H and O–H groups in total. The molecule has 1 saturated heterocycles. The molecule has 2 aromatic heterocycles. The van der Waals surface area contributed by atoms with Crippen molar-refractivity contribution >= 4 is 5.91 Å². The summed E-state index contributed by atoms with van der Waals surface area (Å²) in [6.07, 6.45) is -1.60. The number of hydrogen-bond donors (Lipinski definition) is 0. The molecule has 1 fully saturated rings. The zero-order chi connectivity index (χ0) is 27.6. The van der Waals surface area contributed by atoms with Crippen LogP contribution in [-0.4, -0.2) is 41.6 Å². The van der Waals surface area contributed by atoms with Gasteiger partial charge in [0.25, 0.3) is 5.91 Å². The Hall–Kier alpha value is -4.16. The Morgan fingerprint density at radius 2 is 1.77 bits per heavy atom. The Bertz CT molecular complexity index is 1590. The average molecular weight is 546 g/mol. The Labute approximate surface area is 217 Å². The van der Waals surface area contributed by atoms with Gasteiger partial charge in [-0.3, -0.25) is 9.48 Å². The number of carbonyl (C=O) groups is 1. The molecule has 2 aliphatic rings. The fourth-order valence-corrected chi connectivity index (χ4v) is 5.71. The molecule has 13 heteroatoms. The smallest absolute Gasteiger partial charge is 0.327 e. The number of alkyl halides is 3. The van der Waals surface area contributed by atoms with Crippen molar-refractivity contribution in [3.05, 3.63) is 82.6 Å². The van der Waals surface area contributed by atoms with E-state index < -0.39 is 41.3 Å². The van der Waals surface area contributed by atoms with E-state index in [2.05, 4.69) is 15.4 Å². The van der Waals surface area contributed by atoms with Crippen LogP contribution in [0.2, 0.25) is 0 Å². The van der Waals surface area contributed by atoms with Crippen molar-refractivity contribution in [3.63, 3.8) is 0 Å². The highest BCUT2D eigenvalue weighted by Gasteiger charge is 2.44. The van der Waals surface area contributed by atoms with Gasteiger partial charge >= 0.3 is 6.18 Å². The zero-order valence-corrected chi connectivity index (χ0v) is 20.4. The first-order valence-corrected chi connectivity index (χ1v) is 12.2. The summed E-state index contributed by atoms with van der Waals surface area (Å²) >= 11 is 0. The maximum absolute atomic E-state index is 14.1.